The zero-order valence-corrected chi connectivity index (χ0v) is 9.94. The van der Waals surface area contributed by atoms with Crippen molar-refractivity contribution in [1.29, 1.82) is 0 Å². The maximum atomic E-state index is 9.85. The summed E-state index contributed by atoms with van der Waals surface area (Å²) in [5.41, 5.74) is 0. The monoisotopic (exact) mass is 256 g/mol. The van der Waals surface area contributed by atoms with Crippen LogP contribution in [0.4, 0.5) is 0 Å². The van der Waals surface area contributed by atoms with E-state index in [4.69, 9.17) is 0 Å². The van der Waals surface area contributed by atoms with Crippen LogP contribution in [0.25, 0.3) is 0 Å². The molecule has 1 aliphatic rings. The number of aliphatic hydroxyl groups excluding tert-OH is 1. The zero-order chi connectivity index (χ0) is 9.80. The number of benzene rings is 1. The van der Waals surface area contributed by atoms with Crippen molar-refractivity contribution in [1.82, 2.24) is 0 Å². The Morgan fingerprint density at radius 2 is 1.79 bits per heavy atom. The molecule has 2 heteroatoms. The Hall–Kier alpha value is -0.301. The van der Waals surface area contributed by atoms with E-state index in [2.05, 4.69) is 30.3 Å². The van der Waals surface area contributed by atoms with Gasteiger partial charge in [-0.05, 0) is 0 Å². The maximum absolute atomic E-state index is 9.85. The summed E-state index contributed by atoms with van der Waals surface area (Å²) in [6.45, 7) is 0. The van der Waals surface area contributed by atoms with E-state index in [-0.39, 0.29) is 6.10 Å². The van der Waals surface area contributed by atoms with Gasteiger partial charge in [0.15, 0.2) is 0 Å². The molecule has 2 rings (SSSR count). The van der Waals surface area contributed by atoms with Gasteiger partial charge in [-0.1, -0.05) is 0 Å². The molecule has 1 N–H and O–H groups in total. The first-order chi connectivity index (χ1) is 6.86. The van der Waals surface area contributed by atoms with E-state index in [0.29, 0.717) is 19.8 Å². The van der Waals surface area contributed by atoms with Gasteiger partial charge in [-0.2, -0.15) is 0 Å². The molecule has 14 heavy (non-hydrogen) atoms. The fraction of sp³-hybridized carbons (Fsp3) is 0.500. The van der Waals surface area contributed by atoms with Crippen LogP contribution in [-0.2, 0) is 0 Å². The molecular weight excluding hydrogens is 239 g/mol. The second-order valence-corrected chi connectivity index (χ2v) is 6.58. The van der Waals surface area contributed by atoms with Crippen LogP contribution in [0.2, 0.25) is 4.82 Å². The van der Waals surface area contributed by atoms with Crippen LogP contribution in [0.15, 0.2) is 30.3 Å². The normalized spacial score (nSPS) is 27.5. The van der Waals surface area contributed by atoms with E-state index >= 15 is 0 Å². The number of aliphatic hydroxyl groups is 1. The third kappa shape index (κ3) is 2.60. The number of hydrogen-bond acceptors (Lipinski definition) is 1. The summed E-state index contributed by atoms with van der Waals surface area (Å²) in [6, 6.07) is 10.6. The molecule has 0 unspecified atom stereocenters. The molecule has 0 aromatic heterocycles. The topological polar surface area (TPSA) is 20.2 Å². The number of rotatable bonds is 2. The summed E-state index contributed by atoms with van der Waals surface area (Å²) in [6.07, 6.45) is 4.71. The van der Waals surface area contributed by atoms with Crippen LogP contribution in [0, 0.1) is 0 Å². The van der Waals surface area contributed by atoms with Gasteiger partial charge in [0.2, 0.25) is 0 Å². The van der Waals surface area contributed by atoms with Crippen molar-refractivity contribution < 1.29 is 5.11 Å². The van der Waals surface area contributed by atoms with Crippen molar-refractivity contribution in [2.24, 2.45) is 0 Å². The second-order valence-electron chi connectivity index (χ2n) is 3.82. The molecule has 0 aliphatic heterocycles. The molecule has 0 amide bonds. The van der Waals surface area contributed by atoms with E-state index in [1.54, 1.807) is 0 Å². The Balaban J connectivity index is 1.96. The van der Waals surface area contributed by atoms with Gasteiger partial charge >= 0.3 is 91.5 Å². The Morgan fingerprint density at radius 3 is 2.50 bits per heavy atom. The Labute approximate surface area is 91.7 Å². The van der Waals surface area contributed by atoms with Gasteiger partial charge in [-0.15, -0.1) is 0 Å². The molecule has 1 aromatic carbocycles. The predicted octanol–water partition coefficient (Wildman–Crippen LogP) is 1.74. The van der Waals surface area contributed by atoms with Crippen molar-refractivity contribution >= 4 is 19.4 Å². The fourth-order valence-electron chi connectivity index (χ4n) is 1.89. The molecule has 1 fully saturated rings. The van der Waals surface area contributed by atoms with Crippen molar-refractivity contribution in [3.63, 3.8) is 0 Å². The molecule has 0 bridgehead atoms. The van der Waals surface area contributed by atoms with Gasteiger partial charge in [-0.25, -0.2) is 0 Å². The van der Waals surface area contributed by atoms with Crippen molar-refractivity contribution in [3.05, 3.63) is 30.3 Å². The van der Waals surface area contributed by atoms with Crippen LogP contribution >= 0.6 is 0 Å². The van der Waals surface area contributed by atoms with E-state index in [1.165, 1.54) is 23.7 Å². The second kappa shape index (κ2) is 4.97. The fourth-order valence-corrected chi connectivity index (χ4v) is 4.49. The first-order valence-electron chi connectivity index (χ1n) is 5.26. The minimum atomic E-state index is -0.0380. The summed E-state index contributed by atoms with van der Waals surface area (Å²) in [4.78, 5) is 0.554. The van der Waals surface area contributed by atoms with Gasteiger partial charge in [0.05, 0.1) is 0 Å². The minimum absolute atomic E-state index is 0.0380. The molecule has 0 spiro atoms. The van der Waals surface area contributed by atoms with Crippen LogP contribution in [0.1, 0.15) is 25.7 Å². The molecular formula is C12H16OSe. The van der Waals surface area contributed by atoms with Gasteiger partial charge < -0.3 is 0 Å². The standard InChI is InChI=1S/C12H16OSe/c13-11-8-4-5-9-12(11)14-10-6-2-1-3-7-10/h1-3,6-7,11-13H,4-5,8-9H2/t11-,12+/m1/s1. The van der Waals surface area contributed by atoms with E-state index in [1.807, 2.05) is 0 Å². The molecule has 1 nitrogen and oxygen atoms in total. The van der Waals surface area contributed by atoms with Gasteiger partial charge in [0.25, 0.3) is 0 Å². The molecule has 1 aliphatic carbocycles. The summed E-state index contributed by atoms with van der Waals surface area (Å²) < 4.78 is 1.42. The van der Waals surface area contributed by atoms with Gasteiger partial charge in [0, 0.05) is 0 Å². The average Bonchev–Trinajstić information content (AvgIpc) is 2.23. The first kappa shape index (κ1) is 10.2. The Kier molecular flexibility index (Phi) is 3.63. The predicted molar refractivity (Wildman–Crippen MR) is 60.1 cm³/mol. The van der Waals surface area contributed by atoms with Crippen molar-refractivity contribution in [2.45, 2.75) is 36.6 Å². The molecule has 0 heterocycles. The summed E-state index contributed by atoms with van der Waals surface area (Å²) in [5.74, 6) is 0. The first-order valence-corrected chi connectivity index (χ1v) is 7.10. The van der Waals surface area contributed by atoms with Crippen molar-refractivity contribution in [2.75, 3.05) is 0 Å². The average molecular weight is 255 g/mol. The van der Waals surface area contributed by atoms with Crippen LogP contribution < -0.4 is 4.46 Å². The SMILES string of the molecule is O[C@@H]1CCCC[C@@H]1[Se]c1ccccc1. The van der Waals surface area contributed by atoms with Gasteiger partial charge in [-0.3, -0.25) is 0 Å². The Morgan fingerprint density at radius 1 is 1.07 bits per heavy atom. The van der Waals surface area contributed by atoms with Crippen LogP contribution in [0.5, 0.6) is 0 Å². The zero-order valence-electron chi connectivity index (χ0n) is 8.23. The van der Waals surface area contributed by atoms with Crippen LogP contribution in [0.3, 0.4) is 0 Å². The van der Waals surface area contributed by atoms with E-state index in [0.717, 1.165) is 6.42 Å². The molecule has 1 aromatic rings. The van der Waals surface area contributed by atoms with Crippen LogP contribution in [-0.4, -0.2) is 26.2 Å². The third-order valence-electron chi connectivity index (χ3n) is 2.70. The van der Waals surface area contributed by atoms with Gasteiger partial charge in [0.1, 0.15) is 0 Å². The molecule has 76 valence electrons. The quantitative estimate of drug-likeness (QED) is 0.798. The molecule has 2 atom stereocenters. The molecule has 1 saturated carbocycles. The Bertz CT molecular complexity index is 273. The summed E-state index contributed by atoms with van der Waals surface area (Å²) >= 11 is 0.459. The number of hydrogen-bond donors (Lipinski definition) is 1. The van der Waals surface area contributed by atoms with E-state index in [9.17, 15) is 5.11 Å². The third-order valence-corrected chi connectivity index (χ3v) is 5.63. The molecule has 0 radical (unpaired) electrons. The molecule has 0 saturated heterocycles. The summed E-state index contributed by atoms with van der Waals surface area (Å²) in [7, 11) is 0. The van der Waals surface area contributed by atoms with E-state index < -0.39 is 0 Å². The summed E-state index contributed by atoms with van der Waals surface area (Å²) in [5, 5.41) is 9.85. The van der Waals surface area contributed by atoms with Crippen molar-refractivity contribution in [3.8, 4) is 0 Å².